The van der Waals surface area contributed by atoms with Gasteiger partial charge in [0.2, 0.25) is 0 Å². The zero-order chi connectivity index (χ0) is 22.6. The number of nitrogens with one attached hydrogen (secondary N) is 1. The average molecular weight is 429 g/mol. The minimum absolute atomic E-state index is 0.0619. The molecule has 0 aliphatic heterocycles. The molecule has 1 aromatic heterocycles. The Kier molecular flexibility index (Phi) is 6.91. The molecule has 30 heavy (non-hydrogen) atoms. The molecular weight excluding hydrogens is 412 g/mol. The maximum atomic E-state index is 14.4. The van der Waals surface area contributed by atoms with Gasteiger partial charge < -0.3 is 5.32 Å². The summed E-state index contributed by atoms with van der Waals surface area (Å²) in [7, 11) is 1.23. The van der Waals surface area contributed by atoms with Gasteiger partial charge in [-0.05, 0) is 36.4 Å². The molecule has 0 unspecified atom stereocenters. The van der Waals surface area contributed by atoms with E-state index in [1.807, 2.05) is 13.8 Å². The van der Waals surface area contributed by atoms with Gasteiger partial charge in [-0.15, -0.1) is 0 Å². The second-order valence-electron chi connectivity index (χ2n) is 5.81. The van der Waals surface area contributed by atoms with E-state index < -0.39 is 40.8 Å². The lowest BCUT2D eigenvalue weighted by Gasteiger charge is -2.09. The van der Waals surface area contributed by atoms with Crippen molar-refractivity contribution in [2.75, 3.05) is 5.32 Å². The highest BCUT2D eigenvalue weighted by atomic mass is 19.4. The van der Waals surface area contributed by atoms with Crippen molar-refractivity contribution < 1.29 is 31.1 Å². The second kappa shape index (κ2) is 9.02. The predicted octanol–water partition coefficient (Wildman–Crippen LogP) is 5.80. The van der Waals surface area contributed by atoms with Crippen molar-refractivity contribution >= 4 is 11.6 Å². The second-order valence-corrected chi connectivity index (χ2v) is 5.81. The number of amides is 1. The summed E-state index contributed by atoms with van der Waals surface area (Å²) in [6, 6.07) is 6.31. The van der Waals surface area contributed by atoms with E-state index in [1.165, 1.54) is 13.1 Å². The molecule has 0 bridgehead atoms. The van der Waals surface area contributed by atoms with Crippen LogP contribution in [0.1, 0.15) is 29.9 Å². The van der Waals surface area contributed by atoms with E-state index in [4.69, 9.17) is 0 Å². The molecular formula is C20H17F6N3O. The van der Waals surface area contributed by atoms with Gasteiger partial charge in [0.1, 0.15) is 17.5 Å². The van der Waals surface area contributed by atoms with E-state index in [0.717, 1.165) is 28.9 Å². The summed E-state index contributed by atoms with van der Waals surface area (Å²) in [5, 5.41) is 5.55. The Morgan fingerprint density at radius 1 is 0.967 bits per heavy atom. The molecule has 1 amide bonds. The minimum atomic E-state index is -4.68. The molecule has 0 atom stereocenters. The first-order valence-corrected chi connectivity index (χ1v) is 8.74. The Balaban J connectivity index is 0.00000155. The third-order valence-corrected chi connectivity index (χ3v) is 3.85. The monoisotopic (exact) mass is 429 g/mol. The fraction of sp³-hybridized carbons (Fsp3) is 0.200. The molecule has 0 aliphatic rings. The number of aromatic nitrogens is 2. The molecule has 3 aromatic rings. The highest BCUT2D eigenvalue weighted by Gasteiger charge is 2.35. The molecule has 1 heterocycles. The van der Waals surface area contributed by atoms with Gasteiger partial charge in [0.05, 0.1) is 11.3 Å². The van der Waals surface area contributed by atoms with Crippen LogP contribution < -0.4 is 5.32 Å². The van der Waals surface area contributed by atoms with Crippen molar-refractivity contribution in [1.82, 2.24) is 9.78 Å². The van der Waals surface area contributed by atoms with E-state index in [9.17, 15) is 31.1 Å². The summed E-state index contributed by atoms with van der Waals surface area (Å²) < 4.78 is 80.1. The smallest absolute Gasteiger partial charge is 0.322 e. The van der Waals surface area contributed by atoms with Gasteiger partial charge in [0, 0.05) is 24.4 Å². The first-order chi connectivity index (χ1) is 14.1. The lowest BCUT2D eigenvalue weighted by Crippen LogP contribution is -2.14. The van der Waals surface area contributed by atoms with Crippen LogP contribution in [0.4, 0.5) is 32.0 Å². The van der Waals surface area contributed by atoms with Crippen molar-refractivity contribution in [2.45, 2.75) is 20.0 Å². The van der Waals surface area contributed by atoms with Gasteiger partial charge in [-0.3, -0.25) is 9.48 Å². The number of alkyl halides is 3. The van der Waals surface area contributed by atoms with Crippen molar-refractivity contribution in [1.29, 1.82) is 0 Å². The first kappa shape index (κ1) is 23.0. The van der Waals surface area contributed by atoms with Crippen molar-refractivity contribution in [3.8, 4) is 11.3 Å². The maximum absolute atomic E-state index is 14.4. The topological polar surface area (TPSA) is 46.9 Å². The van der Waals surface area contributed by atoms with Crippen LogP contribution in [-0.2, 0) is 13.2 Å². The SMILES string of the molecule is CC.Cn1nc(C(F)(F)F)cc1-c1ccc(NC(=O)c2ccc(F)cc2F)cc1F. The minimum Gasteiger partial charge on any atom is -0.322 e. The fourth-order valence-corrected chi connectivity index (χ4v) is 2.53. The quantitative estimate of drug-likeness (QED) is 0.535. The third-order valence-electron chi connectivity index (χ3n) is 3.85. The van der Waals surface area contributed by atoms with Gasteiger partial charge in [0.15, 0.2) is 5.69 Å². The zero-order valence-corrected chi connectivity index (χ0v) is 16.1. The number of halogens is 6. The van der Waals surface area contributed by atoms with Gasteiger partial charge in [0.25, 0.3) is 5.91 Å². The van der Waals surface area contributed by atoms with Gasteiger partial charge in [-0.1, -0.05) is 13.8 Å². The fourth-order valence-electron chi connectivity index (χ4n) is 2.53. The summed E-state index contributed by atoms with van der Waals surface area (Å²) in [5.74, 6) is -3.82. The van der Waals surface area contributed by atoms with Gasteiger partial charge in [-0.2, -0.15) is 18.3 Å². The molecule has 0 aliphatic carbocycles. The third kappa shape index (κ3) is 5.00. The molecule has 0 radical (unpaired) electrons. The lowest BCUT2D eigenvalue weighted by molar-refractivity contribution is -0.141. The van der Waals surface area contributed by atoms with Crippen LogP contribution in [-0.4, -0.2) is 15.7 Å². The number of aryl methyl sites for hydroxylation is 1. The van der Waals surface area contributed by atoms with Crippen LogP contribution in [0.5, 0.6) is 0 Å². The molecule has 1 N–H and O–H groups in total. The molecule has 0 fully saturated rings. The average Bonchev–Trinajstić information content (AvgIpc) is 3.05. The van der Waals surface area contributed by atoms with Crippen LogP contribution in [0.2, 0.25) is 0 Å². The van der Waals surface area contributed by atoms with Crippen molar-refractivity contribution in [2.24, 2.45) is 7.05 Å². The Morgan fingerprint density at radius 2 is 1.63 bits per heavy atom. The largest absolute Gasteiger partial charge is 0.435 e. The highest BCUT2D eigenvalue weighted by molar-refractivity contribution is 6.04. The van der Waals surface area contributed by atoms with E-state index in [1.54, 1.807) is 0 Å². The molecule has 0 spiro atoms. The number of carbonyl (C=O) groups is 1. The Morgan fingerprint density at radius 3 is 2.17 bits per heavy atom. The summed E-state index contributed by atoms with van der Waals surface area (Å²) in [5.41, 5.74) is -1.97. The van der Waals surface area contributed by atoms with Crippen LogP contribution in [0.3, 0.4) is 0 Å². The van der Waals surface area contributed by atoms with Crippen LogP contribution >= 0.6 is 0 Å². The molecule has 10 heteroatoms. The summed E-state index contributed by atoms with van der Waals surface area (Å²) in [4.78, 5) is 12.0. The summed E-state index contributed by atoms with van der Waals surface area (Å²) >= 11 is 0. The molecule has 160 valence electrons. The zero-order valence-electron chi connectivity index (χ0n) is 16.1. The van der Waals surface area contributed by atoms with E-state index in [0.29, 0.717) is 12.1 Å². The first-order valence-electron chi connectivity index (χ1n) is 8.74. The Hall–Kier alpha value is -3.30. The number of benzene rings is 2. The molecule has 4 nitrogen and oxygen atoms in total. The number of rotatable bonds is 3. The number of carbonyl (C=O) groups excluding carboxylic acids is 1. The van der Waals surface area contributed by atoms with E-state index >= 15 is 0 Å². The van der Waals surface area contributed by atoms with E-state index in [-0.39, 0.29) is 16.9 Å². The van der Waals surface area contributed by atoms with Crippen molar-refractivity contribution in [3.63, 3.8) is 0 Å². The lowest BCUT2D eigenvalue weighted by atomic mass is 10.1. The highest BCUT2D eigenvalue weighted by Crippen LogP contribution is 2.33. The van der Waals surface area contributed by atoms with Crippen molar-refractivity contribution in [3.05, 3.63) is 71.2 Å². The molecule has 0 saturated carbocycles. The normalized spacial score (nSPS) is 11.0. The van der Waals surface area contributed by atoms with Gasteiger partial charge >= 0.3 is 6.18 Å². The van der Waals surface area contributed by atoms with Crippen LogP contribution in [0, 0.1) is 17.5 Å². The molecule has 0 saturated heterocycles. The maximum Gasteiger partial charge on any atom is 0.435 e. The Labute approximate surface area is 168 Å². The number of nitrogens with zero attached hydrogens (tertiary/aromatic N) is 2. The van der Waals surface area contributed by atoms with Gasteiger partial charge in [-0.25, -0.2) is 13.2 Å². The Bertz CT molecular complexity index is 1060. The summed E-state index contributed by atoms with van der Waals surface area (Å²) in [6.45, 7) is 4.00. The van der Waals surface area contributed by atoms with Crippen LogP contribution in [0.15, 0.2) is 42.5 Å². The molecule has 3 rings (SSSR count). The number of hydrogen-bond acceptors (Lipinski definition) is 2. The van der Waals surface area contributed by atoms with E-state index in [2.05, 4.69) is 10.4 Å². The van der Waals surface area contributed by atoms with Crippen LogP contribution in [0.25, 0.3) is 11.3 Å². The molecule has 2 aromatic carbocycles. The summed E-state index contributed by atoms with van der Waals surface area (Å²) in [6.07, 6.45) is -4.68. The standard InChI is InChI=1S/C18H11F6N3O.C2H6/c1-27-15(8-16(26-27)18(22,23)24)11-5-3-10(7-14(11)21)25-17(28)12-4-2-9(19)6-13(12)20;1-2/h2-8H,1H3,(H,25,28);1-2H3. The number of anilines is 1. The predicted molar refractivity (Wildman–Crippen MR) is 99.3 cm³/mol. The number of hydrogen-bond donors (Lipinski definition) is 1.